The quantitative estimate of drug-likeness (QED) is 0.693. The number of benzene rings is 2. The Kier molecular flexibility index (Phi) is 6.79. The average Bonchev–Trinajstić information content (AvgIpc) is 3.23. The van der Waals surface area contributed by atoms with Crippen LogP contribution in [0.15, 0.2) is 41.3 Å². The van der Waals surface area contributed by atoms with Gasteiger partial charge in [0.1, 0.15) is 12.4 Å². The van der Waals surface area contributed by atoms with Crippen molar-refractivity contribution in [2.45, 2.75) is 24.7 Å². The van der Waals surface area contributed by atoms with Crippen molar-refractivity contribution >= 4 is 33.2 Å². The van der Waals surface area contributed by atoms with Crippen molar-refractivity contribution in [3.63, 3.8) is 0 Å². The highest BCUT2D eigenvalue weighted by Crippen LogP contribution is 2.30. The van der Waals surface area contributed by atoms with Crippen molar-refractivity contribution in [2.75, 3.05) is 31.6 Å². The maximum absolute atomic E-state index is 12.7. The maximum Gasteiger partial charge on any atom is 0.255 e. The second-order valence-corrected chi connectivity index (χ2v) is 9.18. The molecule has 2 aromatic rings. The molecular formula is C20H24ClN3O4S. The van der Waals surface area contributed by atoms with Crippen molar-refractivity contribution in [3.05, 3.63) is 52.5 Å². The van der Waals surface area contributed by atoms with Crippen molar-refractivity contribution < 1.29 is 17.9 Å². The molecule has 1 saturated heterocycles. The summed E-state index contributed by atoms with van der Waals surface area (Å²) in [6.45, 7) is 3.52. The maximum atomic E-state index is 12.7. The van der Waals surface area contributed by atoms with Crippen LogP contribution in [0.25, 0.3) is 0 Å². The lowest BCUT2D eigenvalue weighted by Gasteiger charge is -2.16. The zero-order valence-electron chi connectivity index (χ0n) is 16.2. The molecule has 2 aromatic carbocycles. The Hall–Kier alpha value is -2.13. The number of nitrogens with zero attached hydrogens (tertiary/aromatic N) is 1. The van der Waals surface area contributed by atoms with Gasteiger partial charge in [-0.2, -0.15) is 4.31 Å². The molecule has 9 heteroatoms. The van der Waals surface area contributed by atoms with E-state index in [0.29, 0.717) is 53.8 Å². The molecule has 1 amide bonds. The molecule has 29 heavy (non-hydrogen) atoms. The van der Waals surface area contributed by atoms with Crippen molar-refractivity contribution in [1.82, 2.24) is 4.31 Å². The summed E-state index contributed by atoms with van der Waals surface area (Å²) in [5, 5.41) is 3.05. The smallest absolute Gasteiger partial charge is 0.255 e. The first kappa shape index (κ1) is 21.6. The Bertz CT molecular complexity index is 982. The van der Waals surface area contributed by atoms with Crippen LogP contribution in [0.3, 0.4) is 0 Å². The summed E-state index contributed by atoms with van der Waals surface area (Å²) in [5.41, 5.74) is 6.90. The molecule has 3 N–H and O–H groups in total. The van der Waals surface area contributed by atoms with Crippen LogP contribution < -0.4 is 15.8 Å². The fourth-order valence-electron chi connectivity index (χ4n) is 3.22. The highest BCUT2D eigenvalue weighted by Gasteiger charge is 2.27. The number of anilines is 1. The summed E-state index contributed by atoms with van der Waals surface area (Å²) in [5.74, 6) is 0.100. The highest BCUT2D eigenvalue weighted by molar-refractivity contribution is 7.89. The average molecular weight is 438 g/mol. The van der Waals surface area contributed by atoms with Crippen LogP contribution in [0, 0.1) is 6.92 Å². The lowest BCUT2D eigenvalue weighted by molar-refractivity contribution is 0.102. The topological polar surface area (TPSA) is 102 Å². The number of halogens is 1. The van der Waals surface area contributed by atoms with Gasteiger partial charge in [0, 0.05) is 30.9 Å². The summed E-state index contributed by atoms with van der Waals surface area (Å²) in [4.78, 5) is 12.8. The largest absolute Gasteiger partial charge is 0.490 e. The minimum absolute atomic E-state index is 0.164. The van der Waals surface area contributed by atoms with Crippen LogP contribution in [0.2, 0.25) is 5.02 Å². The van der Waals surface area contributed by atoms with E-state index < -0.39 is 15.9 Å². The number of nitrogens with one attached hydrogen (secondary N) is 1. The van der Waals surface area contributed by atoms with Crippen LogP contribution in [0.5, 0.6) is 5.75 Å². The molecule has 1 heterocycles. The second-order valence-electron chi connectivity index (χ2n) is 6.83. The van der Waals surface area contributed by atoms with Gasteiger partial charge in [0.25, 0.3) is 5.91 Å². The molecule has 156 valence electrons. The van der Waals surface area contributed by atoms with E-state index in [1.54, 1.807) is 25.1 Å². The number of amides is 1. The second kappa shape index (κ2) is 9.13. The van der Waals surface area contributed by atoms with E-state index >= 15 is 0 Å². The Morgan fingerprint density at radius 3 is 2.62 bits per heavy atom. The van der Waals surface area contributed by atoms with Gasteiger partial charge in [-0.05, 0) is 55.7 Å². The summed E-state index contributed by atoms with van der Waals surface area (Å²) in [6, 6.07) is 9.44. The first-order valence-corrected chi connectivity index (χ1v) is 11.2. The number of carbonyl (C=O) groups excluding carboxylic acids is 1. The molecule has 7 nitrogen and oxygen atoms in total. The third kappa shape index (κ3) is 4.90. The molecule has 0 spiro atoms. The van der Waals surface area contributed by atoms with Gasteiger partial charge in [-0.3, -0.25) is 4.79 Å². The fraction of sp³-hybridized carbons (Fsp3) is 0.350. The number of hydrogen-bond acceptors (Lipinski definition) is 5. The van der Waals surface area contributed by atoms with E-state index in [9.17, 15) is 13.2 Å². The summed E-state index contributed by atoms with van der Waals surface area (Å²) in [7, 11) is -3.56. The number of nitrogens with two attached hydrogens (primary N) is 1. The normalized spacial score (nSPS) is 14.7. The monoisotopic (exact) mass is 437 g/mol. The Balaban J connectivity index is 1.79. The van der Waals surface area contributed by atoms with Crippen LogP contribution >= 0.6 is 11.6 Å². The molecule has 0 bridgehead atoms. The van der Waals surface area contributed by atoms with Crippen LogP contribution in [-0.2, 0) is 10.0 Å². The van der Waals surface area contributed by atoms with Gasteiger partial charge in [0.2, 0.25) is 10.0 Å². The third-order valence-corrected chi connectivity index (χ3v) is 6.83. The zero-order chi connectivity index (χ0) is 21.0. The molecular weight excluding hydrogens is 414 g/mol. The highest BCUT2D eigenvalue weighted by atomic mass is 35.5. The van der Waals surface area contributed by atoms with E-state index in [-0.39, 0.29) is 4.90 Å². The number of carbonyl (C=O) groups is 1. The summed E-state index contributed by atoms with van der Waals surface area (Å²) in [6.07, 6.45) is 1.72. The summed E-state index contributed by atoms with van der Waals surface area (Å²) < 4.78 is 32.4. The molecule has 1 aliphatic rings. The molecule has 0 saturated carbocycles. The van der Waals surface area contributed by atoms with Crippen molar-refractivity contribution in [3.8, 4) is 5.75 Å². The summed E-state index contributed by atoms with van der Waals surface area (Å²) >= 11 is 6.24. The number of sulfonamides is 1. The number of rotatable bonds is 7. The minimum Gasteiger partial charge on any atom is -0.490 e. The Labute approximate surface area is 175 Å². The molecule has 0 aromatic heterocycles. The molecule has 0 atom stereocenters. The Morgan fingerprint density at radius 1 is 1.24 bits per heavy atom. The van der Waals surface area contributed by atoms with E-state index in [1.807, 2.05) is 0 Å². The van der Waals surface area contributed by atoms with Gasteiger partial charge in [-0.15, -0.1) is 0 Å². The SMILES string of the molecule is Cc1cc(C(=O)Nc2cccc(S(=O)(=O)N3CCCC3)c2)cc(Cl)c1OCCN. The standard InChI is InChI=1S/C20H24ClN3O4S/c1-14-11-15(12-18(21)19(14)28-10-7-22)20(25)23-16-5-4-6-17(13-16)29(26,27)24-8-2-3-9-24/h4-6,11-13H,2-3,7-10,22H2,1H3,(H,23,25). The number of aryl methyl sites for hydroxylation is 1. The molecule has 1 aliphatic heterocycles. The first-order chi connectivity index (χ1) is 13.8. The fourth-order valence-corrected chi connectivity index (χ4v) is 5.11. The van der Waals surface area contributed by atoms with Gasteiger partial charge in [0.15, 0.2) is 0 Å². The van der Waals surface area contributed by atoms with Crippen LogP contribution in [0.1, 0.15) is 28.8 Å². The number of ether oxygens (including phenoxy) is 1. The van der Waals surface area contributed by atoms with Gasteiger partial charge < -0.3 is 15.8 Å². The van der Waals surface area contributed by atoms with Gasteiger partial charge in [-0.25, -0.2) is 8.42 Å². The lowest BCUT2D eigenvalue weighted by Crippen LogP contribution is -2.27. The predicted octanol–water partition coefficient (Wildman–Crippen LogP) is 3.02. The van der Waals surface area contributed by atoms with E-state index in [2.05, 4.69) is 5.32 Å². The molecule has 0 aliphatic carbocycles. The van der Waals surface area contributed by atoms with E-state index in [1.165, 1.54) is 22.5 Å². The van der Waals surface area contributed by atoms with E-state index in [0.717, 1.165) is 12.8 Å². The molecule has 0 radical (unpaired) electrons. The van der Waals surface area contributed by atoms with Crippen molar-refractivity contribution in [1.29, 1.82) is 0 Å². The third-order valence-electron chi connectivity index (χ3n) is 4.65. The van der Waals surface area contributed by atoms with Crippen LogP contribution in [0.4, 0.5) is 5.69 Å². The number of hydrogen-bond donors (Lipinski definition) is 2. The van der Waals surface area contributed by atoms with Gasteiger partial charge >= 0.3 is 0 Å². The molecule has 3 rings (SSSR count). The van der Waals surface area contributed by atoms with Gasteiger partial charge in [-0.1, -0.05) is 17.7 Å². The first-order valence-electron chi connectivity index (χ1n) is 9.37. The van der Waals surface area contributed by atoms with Gasteiger partial charge in [0.05, 0.1) is 9.92 Å². The van der Waals surface area contributed by atoms with E-state index in [4.69, 9.17) is 22.1 Å². The van der Waals surface area contributed by atoms with Crippen LogP contribution in [-0.4, -0.2) is 44.9 Å². The molecule has 1 fully saturated rings. The lowest BCUT2D eigenvalue weighted by atomic mass is 10.1. The van der Waals surface area contributed by atoms with Crippen molar-refractivity contribution in [2.24, 2.45) is 5.73 Å². The predicted molar refractivity (Wildman–Crippen MR) is 113 cm³/mol. The molecule has 0 unspecified atom stereocenters. The zero-order valence-corrected chi connectivity index (χ0v) is 17.7. The minimum atomic E-state index is -3.56. The Morgan fingerprint density at radius 2 is 1.97 bits per heavy atom.